The maximum atomic E-state index is 15.0. The van der Waals surface area contributed by atoms with Gasteiger partial charge in [-0.3, -0.25) is 4.79 Å². The van der Waals surface area contributed by atoms with Crippen LogP contribution in [0.25, 0.3) is 10.9 Å². The van der Waals surface area contributed by atoms with Crippen molar-refractivity contribution in [3.8, 4) is 11.5 Å². The monoisotopic (exact) mass is 442 g/mol. The third kappa shape index (κ3) is 3.42. The van der Waals surface area contributed by atoms with E-state index in [0.717, 1.165) is 34.3 Å². The second kappa shape index (κ2) is 7.96. The summed E-state index contributed by atoms with van der Waals surface area (Å²) in [6.45, 7) is 0.774. The fourth-order valence-electron chi connectivity index (χ4n) is 5.02. The van der Waals surface area contributed by atoms with Gasteiger partial charge in [0.15, 0.2) is 11.5 Å². The van der Waals surface area contributed by atoms with Crippen molar-refractivity contribution in [3.63, 3.8) is 0 Å². The van der Waals surface area contributed by atoms with Crippen LogP contribution in [-0.4, -0.2) is 29.1 Å². The van der Waals surface area contributed by atoms with Gasteiger partial charge in [0.1, 0.15) is 11.9 Å². The molecule has 0 unspecified atom stereocenters. The van der Waals surface area contributed by atoms with Crippen LogP contribution >= 0.6 is 0 Å². The molecule has 3 heterocycles. The van der Waals surface area contributed by atoms with Crippen LogP contribution in [0.4, 0.5) is 4.39 Å². The van der Waals surface area contributed by atoms with E-state index in [2.05, 4.69) is 11.1 Å². The van der Waals surface area contributed by atoms with Gasteiger partial charge < -0.3 is 19.4 Å². The Morgan fingerprint density at radius 3 is 2.76 bits per heavy atom. The van der Waals surface area contributed by atoms with Crippen molar-refractivity contribution < 1.29 is 18.7 Å². The molecule has 33 heavy (non-hydrogen) atoms. The van der Waals surface area contributed by atoms with Gasteiger partial charge in [0.25, 0.3) is 0 Å². The first-order valence-electron chi connectivity index (χ1n) is 11.2. The summed E-state index contributed by atoms with van der Waals surface area (Å²) in [5.41, 5.74) is 4.61. The zero-order valence-electron chi connectivity index (χ0n) is 18.0. The molecular formula is C27H23FN2O3. The number of amides is 1. The number of nitrogens with zero attached hydrogens (tertiary/aromatic N) is 1. The minimum absolute atomic E-state index is 0.00484. The fourth-order valence-corrected chi connectivity index (χ4v) is 5.02. The predicted octanol–water partition coefficient (Wildman–Crippen LogP) is 5.14. The maximum Gasteiger partial charge on any atom is 0.231 e. The first-order valence-corrected chi connectivity index (χ1v) is 11.2. The number of nitrogens with one attached hydrogen (secondary N) is 1. The molecular weight excluding hydrogens is 419 g/mol. The number of rotatable bonds is 4. The number of fused-ring (bicyclic) bond motifs is 4. The number of hydrogen-bond acceptors (Lipinski definition) is 3. The molecule has 2 aliphatic rings. The minimum atomic E-state index is -0.480. The number of halogens is 1. The molecule has 5 nitrogen and oxygen atoms in total. The topological polar surface area (TPSA) is 54.6 Å². The molecule has 0 spiro atoms. The minimum Gasteiger partial charge on any atom is -0.454 e. The molecule has 1 N–H and O–H groups in total. The quantitative estimate of drug-likeness (QED) is 0.476. The summed E-state index contributed by atoms with van der Waals surface area (Å²) in [4.78, 5) is 18.8. The zero-order chi connectivity index (χ0) is 22.4. The molecule has 3 aromatic carbocycles. The lowest BCUT2D eigenvalue weighted by Gasteiger charge is -2.36. The third-order valence-corrected chi connectivity index (χ3v) is 6.62. The van der Waals surface area contributed by atoms with E-state index < -0.39 is 6.04 Å². The highest BCUT2D eigenvalue weighted by Crippen LogP contribution is 2.40. The highest BCUT2D eigenvalue weighted by Gasteiger charge is 2.35. The Balaban J connectivity index is 1.33. The van der Waals surface area contributed by atoms with Gasteiger partial charge in [-0.2, -0.15) is 0 Å². The zero-order valence-corrected chi connectivity index (χ0v) is 18.0. The van der Waals surface area contributed by atoms with Crippen LogP contribution in [-0.2, 0) is 17.6 Å². The van der Waals surface area contributed by atoms with E-state index in [1.165, 1.54) is 11.6 Å². The van der Waals surface area contributed by atoms with Crippen molar-refractivity contribution in [2.45, 2.75) is 25.3 Å². The largest absolute Gasteiger partial charge is 0.454 e. The average molecular weight is 442 g/mol. The summed E-state index contributed by atoms with van der Waals surface area (Å²) in [7, 11) is 0. The van der Waals surface area contributed by atoms with Crippen molar-refractivity contribution in [2.24, 2.45) is 0 Å². The highest BCUT2D eigenvalue weighted by atomic mass is 19.1. The van der Waals surface area contributed by atoms with E-state index in [-0.39, 0.29) is 18.5 Å². The molecule has 0 saturated carbocycles. The van der Waals surface area contributed by atoms with E-state index in [0.29, 0.717) is 30.7 Å². The predicted molar refractivity (Wildman–Crippen MR) is 123 cm³/mol. The summed E-state index contributed by atoms with van der Waals surface area (Å²) in [5.74, 6) is 1.14. The number of aryl methyl sites for hydroxylation is 1. The number of H-pyrrole nitrogens is 1. The maximum absolute atomic E-state index is 15.0. The third-order valence-electron chi connectivity index (χ3n) is 6.62. The van der Waals surface area contributed by atoms with Gasteiger partial charge >= 0.3 is 0 Å². The SMILES string of the molecule is O=C(CCc1ccc2c(c1)OCO2)N1CCc2c([nH]c3ccccc23)[C@H]1c1ccccc1F. The van der Waals surface area contributed by atoms with E-state index in [1.807, 2.05) is 47.4 Å². The summed E-state index contributed by atoms with van der Waals surface area (Å²) in [5, 5.41) is 1.14. The Bertz CT molecular complexity index is 1360. The number of ether oxygens (including phenoxy) is 2. The molecule has 4 aromatic rings. The Morgan fingerprint density at radius 2 is 1.85 bits per heavy atom. The van der Waals surface area contributed by atoms with Gasteiger partial charge in [0.2, 0.25) is 12.7 Å². The molecule has 0 fully saturated rings. The van der Waals surface area contributed by atoms with Gasteiger partial charge in [0.05, 0.1) is 0 Å². The van der Waals surface area contributed by atoms with Crippen molar-refractivity contribution in [3.05, 3.63) is 94.9 Å². The summed E-state index contributed by atoms with van der Waals surface area (Å²) in [6.07, 6.45) is 1.65. The van der Waals surface area contributed by atoms with E-state index >= 15 is 0 Å². The molecule has 2 aliphatic heterocycles. The molecule has 0 bridgehead atoms. The molecule has 0 aliphatic carbocycles. The van der Waals surface area contributed by atoms with Crippen molar-refractivity contribution in [1.82, 2.24) is 9.88 Å². The number of aromatic nitrogens is 1. The number of aromatic amines is 1. The van der Waals surface area contributed by atoms with Gasteiger partial charge in [-0.25, -0.2) is 4.39 Å². The first kappa shape index (κ1) is 19.9. The fraction of sp³-hybridized carbons (Fsp3) is 0.222. The normalized spacial score (nSPS) is 16.8. The molecule has 0 saturated heterocycles. The molecule has 6 rings (SSSR count). The van der Waals surface area contributed by atoms with E-state index in [9.17, 15) is 9.18 Å². The first-order chi connectivity index (χ1) is 16.2. The number of carbonyl (C=O) groups excluding carboxylic acids is 1. The Morgan fingerprint density at radius 1 is 1.03 bits per heavy atom. The van der Waals surface area contributed by atoms with Crippen LogP contribution in [0.3, 0.4) is 0 Å². The Labute approximate surface area is 190 Å². The standard InChI is InChI=1S/C27H23FN2O3/c28-21-7-3-1-6-20(21)27-26-19(18-5-2-4-8-22(18)29-26)13-14-30(27)25(31)12-10-17-9-11-23-24(15-17)33-16-32-23/h1-9,11,15,27,29H,10,12-14,16H2/t27-/m1/s1. The van der Waals surface area contributed by atoms with Crippen molar-refractivity contribution in [2.75, 3.05) is 13.3 Å². The van der Waals surface area contributed by atoms with E-state index in [1.54, 1.807) is 12.1 Å². The summed E-state index contributed by atoms with van der Waals surface area (Å²) >= 11 is 0. The van der Waals surface area contributed by atoms with Gasteiger partial charge in [-0.05, 0) is 48.2 Å². The van der Waals surface area contributed by atoms with Crippen LogP contribution in [0.15, 0.2) is 66.7 Å². The van der Waals surface area contributed by atoms with Crippen LogP contribution in [0.2, 0.25) is 0 Å². The number of carbonyl (C=O) groups is 1. The molecule has 6 heteroatoms. The number of benzene rings is 3. The lowest BCUT2D eigenvalue weighted by molar-refractivity contribution is -0.133. The van der Waals surface area contributed by atoms with Crippen LogP contribution in [0.1, 0.15) is 34.8 Å². The molecule has 1 atom stereocenters. The lowest BCUT2D eigenvalue weighted by Crippen LogP contribution is -2.41. The second-order valence-corrected chi connectivity index (χ2v) is 8.51. The van der Waals surface area contributed by atoms with Gasteiger partial charge in [-0.1, -0.05) is 42.5 Å². The van der Waals surface area contributed by atoms with Crippen LogP contribution in [0.5, 0.6) is 11.5 Å². The Kier molecular flexibility index (Phi) is 4.79. The summed E-state index contributed by atoms with van der Waals surface area (Å²) < 4.78 is 25.8. The van der Waals surface area contributed by atoms with Crippen LogP contribution in [0, 0.1) is 5.82 Å². The van der Waals surface area contributed by atoms with Gasteiger partial charge in [-0.15, -0.1) is 0 Å². The summed E-state index contributed by atoms with van der Waals surface area (Å²) in [6, 6.07) is 20.1. The van der Waals surface area contributed by atoms with Gasteiger partial charge in [0, 0.05) is 35.1 Å². The molecule has 1 amide bonds. The lowest BCUT2D eigenvalue weighted by atomic mass is 9.91. The Hall–Kier alpha value is -3.80. The molecule has 0 radical (unpaired) electrons. The second-order valence-electron chi connectivity index (χ2n) is 8.51. The highest BCUT2D eigenvalue weighted by molar-refractivity contribution is 5.86. The molecule has 166 valence electrons. The number of hydrogen-bond donors (Lipinski definition) is 1. The smallest absolute Gasteiger partial charge is 0.231 e. The van der Waals surface area contributed by atoms with Crippen molar-refractivity contribution in [1.29, 1.82) is 0 Å². The van der Waals surface area contributed by atoms with E-state index in [4.69, 9.17) is 9.47 Å². The average Bonchev–Trinajstić information content (AvgIpc) is 3.46. The molecule has 1 aromatic heterocycles. The van der Waals surface area contributed by atoms with Crippen LogP contribution < -0.4 is 9.47 Å². The number of para-hydroxylation sites is 1. The van der Waals surface area contributed by atoms with Crippen molar-refractivity contribution >= 4 is 16.8 Å².